The third-order valence-corrected chi connectivity index (χ3v) is 17.4. The van der Waals surface area contributed by atoms with E-state index in [1.807, 2.05) is 0 Å². The third-order valence-electron chi connectivity index (χ3n) is 17.4. The Labute approximate surface area is 528 Å². The van der Waals surface area contributed by atoms with Crippen molar-refractivity contribution >= 4 is 0 Å². The van der Waals surface area contributed by atoms with E-state index in [4.69, 9.17) is 0 Å². The lowest BCUT2D eigenvalue weighted by Gasteiger charge is -2.16. The highest BCUT2D eigenvalue weighted by Gasteiger charge is 2.16. The fraction of sp³-hybridized carbons (Fsp3) is 0. The van der Waals surface area contributed by atoms with E-state index in [0.717, 1.165) is 61.2 Å². The molecule has 0 saturated carbocycles. The van der Waals surface area contributed by atoms with Gasteiger partial charge in [-0.15, -0.1) is 0 Å². The highest BCUT2D eigenvalue weighted by atomic mass is 14.2. The topological polar surface area (TPSA) is 0 Å². The van der Waals surface area contributed by atoms with Crippen molar-refractivity contribution in [2.75, 3.05) is 0 Å². The summed E-state index contributed by atoms with van der Waals surface area (Å²) in [5.74, 6) is 0. The zero-order valence-corrected chi connectivity index (χ0v) is 49.8. The third kappa shape index (κ3) is 11.9. The molecule has 0 unspecified atom stereocenters. The summed E-state index contributed by atoms with van der Waals surface area (Å²) < 4.78 is 0. The fourth-order valence-corrected chi connectivity index (χ4v) is 12.6. The van der Waals surface area contributed by atoms with Crippen LogP contribution < -0.4 is 0 Å². The Morgan fingerprint density at radius 3 is 0.356 bits per heavy atom. The van der Waals surface area contributed by atoms with E-state index in [1.165, 1.54) is 94.6 Å². The molecule has 0 bridgehead atoms. The highest BCUT2D eigenvalue weighted by Crippen LogP contribution is 2.42. The fourth-order valence-electron chi connectivity index (χ4n) is 12.6. The first kappa shape index (κ1) is 54.9. The van der Waals surface area contributed by atoms with Crippen LogP contribution in [0.5, 0.6) is 0 Å². The largest absolute Gasteiger partial charge is 0.0622 e. The summed E-state index contributed by atoms with van der Waals surface area (Å²) in [7, 11) is 0. The summed E-state index contributed by atoms with van der Waals surface area (Å²) >= 11 is 0. The molecule has 0 aliphatic carbocycles. The van der Waals surface area contributed by atoms with Crippen molar-refractivity contribution in [2.24, 2.45) is 0 Å². The predicted octanol–water partition coefficient (Wildman–Crippen LogP) is 25.0. The van der Waals surface area contributed by atoms with E-state index in [1.54, 1.807) is 0 Å². The van der Waals surface area contributed by atoms with E-state index in [2.05, 4.69) is 376 Å². The zero-order valence-electron chi connectivity index (χ0n) is 49.8. The van der Waals surface area contributed by atoms with Crippen LogP contribution in [0.4, 0.5) is 0 Å². The smallest absolute Gasteiger partial charge is 0.0171 e. The van der Waals surface area contributed by atoms with Crippen molar-refractivity contribution in [2.45, 2.75) is 0 Å². The first-order chi connectivity index (χ1) is 44.5. The van der Waals surface area contributed by atoms with Gasteiger partial charge in [-0.1, -0.05) is 297 Å². The molecule has 0 amide bonds. The van der Waals surface area contributed by atoms with Gasteiger partial charge in [-0.2, -0.15) is 0 Å². The summed E-state index contributed by atoms with van der Waals surface area (Å²) in [5, 5.41) is 0. The van der Waals surface area contributed by atoms with Crippen LogP contribution in [0.15, 0.2) is 376 Å². The van der Waals surface area contributed by atoms with Gasteiger partial charge in [0.25, 0.3) is 0 Å². The van der Waals surface area contributed by atoms with Crippen molar-refractivity contribution in [1.82, 2.24) is 0 Å². The van der Waals surface area contributed by atoms with E-state index in [0.29, 0.717) is 0 Å². The van der Waals surface area contributed by atoms with Gasteiger partial charge in [0.1, 0.15) is 0 Å². The lowest BCUT2D eigenvalue weighted by Crippen LogP contribution is -1.91. The molecule has 0 heterocycles. The highest BCUT2D eigenvalue weighted by molar-refractivity contribution is 5.90. The standard InChI is InChI=1S/C90H62/c1-5-20-63(21-6-1)67-42-46-69(47-43-67)73-30-15-38-81(52-73)85-57-87(83-40-18-36-79(55-83)76-33-14-29-72(51-76)66-26-11-4-12-27-66)61-89(59-85)90-60-86(82-39-16-31-74(53-82)70-48-44-68(45-49-70)64-22-7-2-8-23-64)58-88(62-90)84-41-19-37-80(56-84)78-35-17-34-77(54-78)75-32-13-28-71(50-75)65-24-9-3-10-25-65/h1-62H. The van der Waals surface area contributed by atoms with Crippen LogP contribution in [0.25, 0.3) is 156 Å². The number of hydrogen-bond donors (Lipinski definition) is 0. The van der Waals surface area contributed by atoms with Gasteiger partial charge in [0.05, 0.1) is 0 Å². The lowest BCUT2D eigenvalue weighted by molar-refractivity contribution is 1.53. The average molecular weight is 1140 g/mol. The van der Waals surface area contributed by atoms with Gasteiger partial charge in [-0.05, 0) is 235 Å². The van der Waals surface area contributed by atoms with Crippen molar-refractivity contribution < 1.29 is 0 Å². The molecular formula is C90H62. The van der Waals surface area contributed by atoms with Gasteiger partial charge >= 0.3 is 0 Å². The van der Waals surface area contributed by atoms with Gasteiger partial charge < -0.3 is 0 Å². The van der Waals surface area contributed by atoms with Gasteiger partial charge in [0.2, 0.25) is 0 Å². The van der Waals surface area contributed by atoms with Crippen molar-refractivity contribution in [3.05, 3.63) is 376 Å². The molecule has 0 spiro atoms. The second-order valence-electron chi connectivity index (χ2n) is 23.3. The minimum Gasteiger partial charge on any atom is -0.0622 e. The van der Waals surface area contributed by atoms with Gasteiger partial charge in [-0.25, -0.2) is 0 Å². The quantitative estimate of drug-likeness (QED) is 0.102. The Bertz CT molecular complexity index is 5000. The molecule has 0 aliphatic rings. The normalized spacial score (nSPS) is 11.1. The van der Waals surface area contributed by atoms with Crippen molar-refractivity contribution in [3.8, 4) is 156 Å². The maximum atomic E-state index is 2.40. The Morgan fingerprint density at radius 2 is 0.167 bits per heavy atom. The minimum absolute atomic E-state index is 1.13. The number of rotatable bonds is 14. The molecule has 0 heteroatoms. The van der Waals surface area contributed by atoms with Crippen molar-refractivity contribution in [1.29, 1.82) is 0 Å². The van der Waals surface area contributed by atoms with Crippen LogP contribution in [0.2, 0.25) is 0 Å². The molecule has 0 fully saturated rings. The molecule has 0 nitrogen and oxygen atoms in total. The van der Waals surface area contributed by atoms with Crippen LogP contribution in [0.1, 0.15) is 0 Å². The second-order valence-corrected chi connectivity index (χ2v) is 23.3. The SMILES string of the molecule is c1ccc(-c2ccc(-c3cccc(-c4cc(-c5cccc(-c6cccc(-c7ccccc7)c6)c5)cc(-c5cc(-c6cccc(-c7ccc(-c8ccccc8)cc7)c6)cc(-c6cccc(-c7cccc(-c8cccc(-c9ccccc9)c8)c7)c6)c5)c4)c3)cc2)cc1. The van der Waals surface area contributed by atoms with Crippen LogP contribution in [0, 0.1) is 0 Å². The summed E-state index contributed by atoms with van der Waals surface area (Å²) in [6.45, 7) is 0. The predicted molar refractivity (Wildman–Crippen MR) is 383 cm³/mol. The molecule has 15 aromatic rings. The maximum absolute atomic E-state index is 2.40. The van der Waals surface area contributed by atoms with Gasteiger partial charge in [-0.3, -0.25) is 0 Å². The second kappa shape index (κ2) is 25.0. The molecule has 0 atom stereocenters. The molecule has 15 aromatic carbocycles. The van der Waals surface area contributed by atoms with Crippen molar-refractivity contribution in [3.63, 3.8) is 0 Å². The summed E-state index contributed by atoms with van der Waals surface area (Å²) in [4.78, 5) is 0. The molecule has 0 saturated heterocycles. The first-order valence-corrected chi connectivity index (χ1v) is 31.0. The zero-order chi connectivity index (χ0) is 60.0. The molecule has 422 valence electrons. The summed E-state index contributed by atoms with van der Waals surface area (Å²) in [6, 6.07) is 138. The summed E-state index contributed by atoms with van der Waals surface area (Å²) in [6.07, 6.45) is 0. The Hall–Kier alpha value is -11.7. The van der Waals surface area contributed by atoms with E-state index < -0.39 is 0 Å². The lowest BCUT2D eigenvalue weighted by atomic mass is 9.88. The molecular weight excluding hydrogens is 1080 g/mol. The minimum atomic E-state index is 1.13. The van der Waals surface area contributed by atoms with Gasteiger partial charge in [0, 0.05) is 0 Å². The molecule has 0 N–H and O–H groups in total. The first-order valence-electron chi connectivity index (χ1n) is 31.0. The number of benzene rings is 15. The maximum Gasteiger partial charge on any atom is -0.0171 e. The Balaban J connectivity index is 0.868. The molecule has 0 aliphatic heterocycles. The molecule has 0 aromatic heterocycles. The summed E-state index contributed by atoms with van der Waals surface area (Å²) in [5.41, 5.74) is 32.8. The van der Waals surface area contributed by atoms with E-state index in [-0.39, 0.29) is 0 Å². The monoisotopic (exact) mass is 1140 g/mol. The average Bonchev–Trinajstić information content (AvgIpc) is 3.36. The van der Waals surface area contributed by atoms with Crippen LogP contribution >= 0.6 is 0 Å². The van der Waals surface area contributed by atoms with Crippen LogP contribution in [-0.2, 0) is 0 Å². The Kier molecular flexibility index (Phi) is 15.2. The number of hydrogen-bond acceptors (Lipinski definition) is 0. The molecule has 15 rings (SSSR count). The van der Waals surface area contributed by atoms with Gasteiger partial charge in [0.15, 0.2) is 0 Å². The van der Waals surface area contributed by atoms with E-state index >= 15 is 0 Å². The van der Waals surface area contributed by atoms with E-state index in [9.17, 15) is 0 Å². The van der Waals surface area contributed by atoms with Crippen LogP contribution in [-0.4, -0.2) is 0 Å². The molecule has 0 radical (unpaired) electrons. The molecule has 90 heavy (non-hydrogen) atoms. The van der Waals surface area contributed by atoms with Crippen LogP contribution in [0.3, 0.4) is 0 Å². The Morgan fingerprint density at radius 1 is 0.0667 bits per heavy atom.